The fourth-order valence-electron chi connectivity index (χ4n) is 1.11. The number of carbonyl (C=O) groups excluding carboxylic acids is 1. The van der Waals surface area contributed by atoms with Gasteiger partial charge in [0, 0.05) is 11.4 Å². The number of nitrogens with one attached hydrogen (secondary N) is 2. The maximum Gasteiger partial charge on any atom is 0.349 e. The second-order valence-electron chi connectivity index (χ2n) is 3.54. The van der Waals surface area contributed by atoms with E-state index >= 15 is 0 Å². The van der Waals surface area contributed by atoms with Crippen molar-refractivity contribution in [1.82, 2.24) is 5.01 Å². The summed E-state index contributed by atoms with van der Waals surface area (Å²) in [4.78, 5) is 11.8. The third kappa shape index (κ3) is 3.94. The topological polar surface area (TPSA) is 94.6 Å². The molecule has 0 atom stereocenters. The minimum atomic E-state index is -0.565. The summed E-state index contributed by atoms with van der Waals surface area (Å²) in [6.07, 6.45) is 0. The molecule has 0 saturated heterocycles. The van der Waals surface area contributed by atoms with Gasteiger partial charge in [-0.25, -0.2) is 4.79 Å². The zero-order valence-electron chi connectivity index (χ0n) is 9.77. The number of hydrazone groups is 1. The van der Waals surface area contributed by atoms with Gasteiger partial charge in [-0.1, -0.05) is 18.2 Å². The summed E-state index contributed by atoms with van der Waals surface area (Å²) in [7, 11) is 0. The highest BCUT2D eigenvalue weighted by Gasteiger charge is 2.15. The van der Waals surface area contributed by atoms with E-state index in [0.717, 1.165) is 5.01 Å². The second kappa shape index (κ2) is 5.64. The summed E-state index contributed by atoms with van der Waals surface area (Å²) >= 11 is 0. The highest BCUT2D eigenvalue weighted by Crippen LogP contribution is 2.06. The molecule has 0 spiro atoms. The molecule has 1 aromatic rings. The number of nitrogens with zero attached hydrogens (tertiary/aromatic N) is 2. The van der Waals surface area contributed by atoms with Gasteiger partial charge in [0.15, 0.2) is 0 Å². The predicted octanol–water partition coefficient (Wildman–Crippen LogP) is 1.81. The van der Waals surface area contributed by atoms with Gasteiger partial charge in [0.05, 0.1) is 0 Å². The van der Waals surface area contributed by atoms with Crippen LogP contribution in [0.4, 0.5) is 10.5 Å². The second-order valence-corrected chi connectivity index (χ2v) is 3.54. The Morgan fingerprint density at radius 2 is 1.94 bits per heavy atom. The van der Waals surface area contributed by atoms with Gasteiger partial charge in [0.25, 0.3) is 0 Å². The number of guanidine groups is 1. The van der Waals surface area contributed by atoms with Crippen LogP contribution in [0.1, 0.15) is 13.8 Å². The highest BCUT2D eigenvalue weighted by atomic mass is 16.2. The van der Waals surface area contributed by atoms with Gasteiger partial charge < -0.3 is 11.1 Å². The molecule has 4 N–H and O–H groups in total. The molecule has 0 bridgehead atoms. The van der Waals surface area contributed by atoms with E-state index in [1.165, 1.54) is 0 Å². The molecule has 0 aromatic heterocycles. The largest absolute Gasteiger partial charge is 0.368 e. The van der Waals surface area contributed by atoms with E-state index in [0.29, 0.717) is 11.4 Å². The molecule has 1 aromatic carbocycles. The number of amides is 2. The van der Waals surface area contributed by atoms with Crippen molar-refractivity contribution in [3.8, 4) is 0 Å². The molecule has 0 unspecified atom stereocenters. The number of hydrogen-bond acceptors (Lipinski definition) is 3. The lowest BCUT2D eigenvalue weighted by molar-refractivity contribution is 0.234. The van der Waals surface area contributed by atoms with Gasteiger partial charge in [-0.2, -0.15) is 5.10 Å². The van der Waals surface area contributed by atoms with Crippen molar-refractivity contribution in [2.45, 2.75) is 13.8 Å². The molecule has 0 saturated carbocycles. The monoisotopic (exact) mass is 233 g/mol. The SMILES string of the molecule is CC(C)=NN(C(=N)N)C(=O)Nc1ccccc1. The zero-order valence-corrected chi connectivity index (χ0v) is 9.77. The highest BCUT2D eigenvalue weighted by molar-refractivity contribution is 6.01. The molecule has 0 aliphatic rings. The first kappa shape index (κ1) is 12.7. The van der Waals surface area contributed by atoms with E-state index in [2.05, 4.69) is 10.4 Å². The van der Waals surface area contributed by atoms with Crippen molar-refractivity contribution in [2.24, 2.45) is 10.8 Å². The summed E-state index contributed by atoms with van der Waals surface area (Å²) in [5.74, 6) is -0.431. The summed E-state index contributed by atoms with van der Waals surface area (Å²) in [6.45, 7) is 3.43. The van der Waals surface area contributed by atoms with Crippen molar-refractivity contribution in [3.63, 3.8) is 0 Å². The zero-order chi connectivity index (χ0) is 12.8. The number of anilines is 1. The Kier molecular flexibility index (Phi) is 4.21. The lowest BCUT2D eigenvalue weighted by atomic mass is 10.3. The van der Waals surface area contributed by atoms with E-state index in [4.69, 9.17) is 11.1 Å². The van der Waals surface area contributed by atoms with Crippen LogP contribution in [-0.2, 0) is 0 Å². The number of hydrogen-bond donors (Lipinski definition) is 3. The van der Waals surface area contributed by atoms with Gasteiger partial charge in [0.2, 0.25) is 5.96 Å². The molecule has 0 radical (unpaired) electrons. The van der Waals surface area contributed by atoms with Crippen LogP contribution in [0.2, 0.25) is 0 Å². The number of para-hydroxylation sites is 1. The molecule has 6 nitrogen and oxygen atoms in total. The van der Waals surface area contributed by atoms with Crippen molar-refractivity contribution in [1.29, 1.82) is 5.41 Å². The summed E-state index contributed by atoms with van der Waals surface area (Å²) in [5, 5.41) is 14.5. The van der Waals surface area contributed by atoms with Crippen molar-refractivity contribution < 1.29 is 4.79 Å². The van der Waals surface area contributed by atoms with Crippen LogP contribution in [0.15, 0.2) is 35.4 Å². The van der Waals surface area contributed by atoms with Gasteiger partial charge in [0.1, 0.15) is 0 Å². The quantitative estimate of drug-likeness (QED) is 0.412. The van der Waals surface area contributed by atoms with Crippen LogP contribution in [0.5, 0.6) is 0 Å². The predicted molar refractivity (Wildman–Crippen MR) is 68.0 cm³/mol. The number of nitrogens with two attached hydrogens (primary N) is 1. The van der Waals surface area contributed by atoms with Crippen LogP contribution in [0.3, 0.4) is 0 Å². The lowest BCUT2D eigenvalue weighted by Gasteiger charge is -2.16. The summed E-state index contributed by atoms with van der Waals surface area (Å²) in [6, 6.07) is 8.33. The molecule has 0 aliphatic carbocycles. The first-order valence-electron chi connectivity index (χ1n) is 5.02. The molecule has 1 rings (SSSR count). The van der Waals surface area contributed by atoms with E-state index in [1.54, 1.807) is 38.1 Å². The maximum atomic E-state index is 11.8. The van der Waals surface area contributed by atoms with Crippen LogP contribution < -0.4 is 11.1 Å². The average Bonchev–Trinajstić information content (AvgIpc) is 2.26. The van der Waals surface area contributed by atoms with E-state index in [-0.39, 0.29) is 0 Å². The number of rotatable bonds is 2. The fourth-order valence-corrected chi connectivity index (χ4v) is 1.11. The Morgan fingerprint density at radius 1 is 1.35 bits per heavy atom. The van der Waals surface area contributed by atoms with E-state index < -0.39 is 12.0 Å². The molecule has 17 heavy (non-hydrogen) atoms. The molecule has 0 aliphatic heterocycles. The van der Waals surface area contributed by atoms with Gasteiger partial charge in [-0.15, -0.1) is 5.01 Å². The minimum absolute atomic E-state index is 0.431. The molecular weight excluding hydrogens is 218 g/mol. The van der Waals surface area contributed by atoms with E-state index in [9.17, 15) is 4.79 Å². The number of urea groups is 1. The van der Waals surface area contributed by atoms with Crippen molar-refractivity contribution in [3.05, 3.63) is 30.3 Å². The van der Waals surface area contributed by atoms with Gasteiger partial charge in [-0.05, 0) is 26.0 Å². The smallest absolute Gasteiger partial charge is 0.349 e. The van der Waals surface area contributed by atoms with Crippen molar-refractivity contribution in [2.75, 3.05) is 5.32 Å². The Hall–Kier alpha value is -2.37. The van der Waals surface area contributed by atoms with Crippen LogP contribution >= 0.6 is 0 Å². The van der Waals surface area contributed by atoms with Crippen LogP contribution in [0.25, 0.3) is 0 Å². The third-order valence-electron chi connectivity index (χ3n) is 1.75. The van der Waals surface area contributed by atoms with Gasteiger partial charge >= 0.3 is 6.03 Å². The summed E-state index contributed by atoms with van der Waals surface area (Å²) < 4.78 is 0. The number of carbonyl (C=O) groups is 1. The first-order valence-corrected chi connectivity index (χ1v) is 5.02. The molecule has 0 fully saturated rings. The van der Waals surface area contributed by atoms with Gasteiger partial charge in [-0.3, -0.25) is 5.41 Å². The molecule has 90 valence electrons. The number of benzene rings is 1. The molecular formula is C11H15N5O. The standard InChI is InChI=1S/C11H15N5O/c1-8(2)15-16(10(12)13)11(17)14-9-6-4-3-5-7-9/h3-7H,1-2H3,(H3,12,13)(H,14,17). The molecule has 6 heteroatoms. The molecule has 2 amide bonds. The van der Waals surface area contributed by atoms with Crippen LogP contribution in [-0.4, -0.2) is 22.7 Å². The Balaban J connectivity index is 2.80. The summed E-state index contributed by atoms with van der Waals surface area (Å²) in [5.41, 5.74) is 6.53. The minimum Gasteiger partial charge on any atom is -0.368 e. The maximum absolute atomic E-state index is 11.8. The van der Waals surface area contributed by atoms with E-state index in [1.807, 2.05) is 6.07 Å². The first-order chi connectivity index (χ1) is 8.00. The normalized spacial score (nSPS) is 9.29. The Labute approximate surface area is 99.6 Å². The fraction of sp³-hybridized carbons (Fsp3) is 0.182. The lowest BCUT2D eigenvalue weighted by Crippen LogP contribution is -2.40. The Bertz CT molecular complexity index is 436. The van der Waals surface area contributed by atoms with Crippen molar-refractivity contribution >= 4 is 23.4 Å². The molecule has 0 heterocycles. The van der Waals surface area contributed by atoms with Crippen LogP contribution in [0, 0.1) is 5.41 Å². The Morgan fingerprint density at radius 3 is 2.41 bits per heavy atom. The average molecular weight is 233 g/mol. The third-order valence-corrected chi connectivity index (χ3v) is 1.75.